The SMILES string of the molecule is Cc1c2ccc(N(C)c3ccnc(Nc4ccc(C(=O)NCCCCCCCC(=O)Nc5ccccc5N)cc4)n3)cc2nn1C. The summed E-state index contributed by atoms with van der Waals surface area (Å²) < 4.78 is 1.88. The van der Waals surface area contributed by atoms with Gasteiger partial charge in [0.2, 0.25) is 11.9 Å². The number of carbonyl (C=O) groups excluding carboxylic acids is 2. The Bertz CT molecular complexity index is 1800. The maximum atomic E-state index is 12.6. The largest absolute Gasteiger partial charge is 0.397 e. The summed E-state index contributed by atoms with van der Waals surface area (Å²) in [6, 6.07) is 22.5. The van der Waals surface area contributed by atoms with Crippen LogP contribution >= 0.6 is 0 Å². The van der Waals surface area contributed by atoms with Crippen molar-refractivity contribution in [3.05, 3.63) is 90.3 Å². The van der Waals surface area contributed by atoms with Crippen molar-refractivity contribution in [3.63, 3.8) is 0 Å². The van der Waals surface area contributed by atoms with Crippen molar-refractivity contribution < 1.29 is 9.59 Å². The van der Waals surface area contributed by atoms with Gasteiger partial charge >= 0.3 is 0 Å². The number of anilines is 6. The first-order chi connectivity index (χ1) is 22.3. The first-order valence-corrected chi connectivity index (χ1v) is 15.6. The van der Waals surface area contributed by atoms with Crippen molar-refractivity contribution >= 4 is 57.2 Å². The lowest BCUT2D eigenvalue weighted by atomic mass is 10.1. The quantitative estimate of drug-likeness (QED) is 0.0818. The molecule has 0 aliphatic rings. The van der Waals surface area contributed by atoms with Gasteiger partial charge < -0.3 is 26.6 Å². The summed E-state index contributed by atoms with van der Waals surface area (Å²) in [5.74, 6) is 1.06. The minimum Gasteiger partial charge on any atom is -0.397 e. The third kappa shape index (κ3) is 8.17. The van der Waals surface area contributed by atoms with Gasteiger partial charge in [-0.15, -0.1) is 0 Å². The zero-order chi connectivity index (χ0) is 32.5. The number of nitrogens with zero attached hydrogens (tertiary/aromatic N) is 5. The number of benzene rings is 3. The highest BCUT2D eigenvalue weighted by molar-refractivity contribution is 5.95. The van der Waals surface area contributed by atoms with Gasteiger partial charge in [0.1, 0.15) is 5.82 Å². The van der Waals surface area contributed by atoms with Crippen LogP contribution in [0.3, 0.4) is 0 Å². The molecule has 2 heterocycles. The van der Waals surface area contributed by atoms with Gasteiger partial charge in [0, 0.05) is 61.3 Å². The lowest BCUT2D eigenvalue weighted by Gasteiger charge is -2.19. The summed E-state index contributed by atoms with van der Waals surface area (Å²) in [7, 11) is 3.91. The Labute approximate surface area is 269 Å². The number of rotatable bonds is 14. The van der Waals surface area contributed by atoms with E-state index in [9.17, 15) is 9.59 Å². The van der Waals surface area contributed by atoms with Gasteiger partial charge in [0.25, 0.3) is 5.91 Å². The zero-order valence-electron chi connectivity index (χ0n) is 26.6. The van der Waals surface area contributed by atoms with E-state index in [1.54, 1.807) is 30.5 Å². The summed E-state index contributed by atoms with van der Waals surface area (Å²) in [4.78, 5) is 35.8. The molecule has 5 rings (SSSR count). The van der Waals surface area contributed by atoms with Crippen LogP contribution in [0.2, 0.25) is 0 Å². The second-order valence-electron chi connectivity index (χ2n) is 11.3. The highest BCUT2D eigenvalue weighted by Crippen LogP contribution is 2.27. The van der Waals surface area contributed by atoms with Crippen LogP contribution in [0.4, 0.5) is 34.5 Å². The molecule has 238 valence electrons. The third-order valence-electron chi connectivity index (χ3n) is 7.99. The van der Waals surface area contributed by atoms with Crippen LogP contribution < -0.4 is 26.6 Å². The molecule has 2 aromatic heterocycles. The molecule has 5 N–H and O–H groups in total. The molecule has 0 bridgehead atoms. The highest BCUT2D eigenvalue weighted by atomic mass is 16.2. The minimum atomic E-state index is -0.108. The smallest absolute Gasteiger partial charge is 0.251 e. The van der Waals surface area contributed by atoms with Crippen molar-refractivity contribution in [3.8, 4) is 0 Å². The fraction of sp³-hybridized carbons (Fsp3) is 0.286. The van der Waals surface area contributed by atoms with Crippen molar-refractivity contribution in [2.75, 3.05) is 34.9 Å². The number of aromatic nitrogens is 4. The second-order valence-corrected chi connectivity index (χ2v) is 11.3. The summed E-state index contributed by atoms with van der Waals surface area (Å²) >= 11 is 0. The van der Waals surface area contributed by atoms with Gasteiger partial charge in [-0.1, -0.05) is 31.4 Å². The molecule has 0 saturated heterocycles. The number of nitrogen functional groups attached to an aromatic ring is 1. The van der Waals surface area contributed by atoms with Crippen molar-refractivity contribution in [2.45, 2.75) is 45.4 Å². The van der Waals surface area contributed by atoms with Crippen molar-refractivity contribution in [2.24, 2.45) is 7.05 Å². The first kappa shape index (κ1) is 32.0. The summed E-state index contributed by atoms with van der Waals surface area (Å²) in [6.45, 7) is 2.66. The molecular formula is C35H41N9O2. The molecule has 3 aromatic carbocycles. The van der Waals surface area contributed by atoms with E-state index in [2.05, 4.69) is 56.1 Å². The summed E-state index contributed by atoms with van der Waals surface area (Å²) in [5, 5.41) is 14.8. The molecule has 0 unspecified atom stereocenters. The van der Waals surface area contributed by atoms with E-state index >= 15 is 0 Å². The molecule has 46 heavy (non-hydrogen) atoms. The van der Waals surface area contributed by atoms with Gasteiger partial charge in [-0.05, 0) is 80.4 Å². The van der Waals surface area contributed by atoms with Gasteiger partial charge in [-0.2, -0.15) is 10.1 Å². The van der Waals surface area contributed by atoms with Crippen LogP contribution in [0, 0.1) is 6.92 Å². The third-order valence-corrected chi connectivity index (χ3v) is 7.99. The molecule has 0 spiro atoms. The van der Waals surface area contributed by atoms with Crippen molar-refractivity contribution in [1.82, 2.24) is 25.1 Å². The van der Waals surface area contributed by atoms with Crippen molar-refractivity contribution in [1.29, 1.82) is 0 Å². The molecule has 0 aliphatic heterocycles. The van der Waals surface area contributed by atoms with Crippen LogP contribution in [0.15, 0.2) is 79.0 Å². The van der Waals surface area contributed by atoms with Crippen LogP contribution in [-0.2, 0) is 11.8 Å². The fourth-order valence-electron chi connectivity index (χ4n) is 5.16. The predicted molar refractivity (Wildman–Crippen MR) is 185 cm³/mol. The molecule has 11 nitrogen and oxygen atoms in total. The maximum absolute atomic E-state index is 12.6. The molecular weight excluding hydrogens is 578 g/mol. The highest BCUT2D eigenvalue weighted by Gasteiger charge is 2.12. The second kappa shape index (κ2) is 15.0. The van der Waals surface area contributed by atoms with Crippen LogP contribution in [0.25, 0.3) is 10.9 Å². The Hall–Kier alpha value is -5.45. The van der Waals surface area contributed by atoms with E-state index in [-0.39, 0.29) is 11.8 Å². The number of hydrogen-bond donors (Lipinski definition) is 4. The Balaban J connectivity index is 1.02. The number of aryl methyl sites for hydroxylation is 2. The number of hydrogen-bond acceptors (Lipinski definition) is 8. The Morgan fingerprint density at radius 3 is 2.50 bits per heavy atom. The van der Waals surface area contributed by atoms with Gasteiger partial charge in [-0.25, -0.2) is 4.98 Å². The summed E-state index contributed by atoms with van der Waals surface area (Å²) in [6.07, 6.45) is 6.84. The average Bonchev–Trinajstić information content (AvgIpc) is 3.35. The zero-order valence-corrected chi connectivity index (χ0v) is 26.6. The van der Waals surface area contributed by atoms with Gasteiger partial charge in [-0.3, -0.25) is 14.3 Å². The Morgan fingerprint density at radius 2 is 1.70 bits per heavy atom. The van der Waals surface area contributed by atoms with Crippen LogP contribution in [0.5, 0.6) is 0 Å². The number of unbranched alkanes of at least 4 members (excludes halogenated alkanes) is 4. The van der Waals surface area contributed by atoms with E-state index in [0.717, 1.165) is 65.9 Å². The maximum Gasteiger partial charge on any atom is 0.251 e. The van der Waals surface area contributed by atoms with Gasteiger partial charge in [0.15, 0.2) is 0 Å². The topological polar surface area (TPSA) is 143 Å². The van der Waals surface area contributed by atoms with E-state index in [4.69, 9.17) is 5.73 Å². The standard InChI is InChI=1S/C35H41N9O2/c1-24-28-19-18-27(23-31(28)42-44(24)3)43(2)32-20-22-38-35(41-32)39-26-16-14-25(15-17-26)34(46)37-21-10-6-4-5-7-13-33(45)40-30-12-9-8-11-29(30)36/h8-9,11-12,14-20,22-23H,4-7,10,13,21,36H2,1-3H3,(H,37,46)(H,40,45)(H,38,39,41). The van der Waals surface area contributed by atoms with E-state index in [0.29, 0.717) is 35.9 Å². The normalized spacial score (nSPS) is 10.9. The molecule has 2 amide bonds. The lowest BCUT2D eigenvalue weighted by Crippen LogP contribution is -2.24. The molecule has 0 radical (unpaired) electrons. The number of carbonyl (C=O) groups is 2. The van der Waals surface area contributed by atoms with Gasteiger partial charge in [0.05, 0.1) is 16.9 Å². The van der Waals surface area contributed by atoms with E-state index in [1.165, 1.54) is 0 Å². The van der Waals surface area contributed by atoms with Crippen LogP contribution in [-0.4, -0.2) is 45.2 Å². The molecule has 0 saturated carbocycles. The monoisotopic (exact) mass is 619 g/mol. The molecule has 0 aliphatic carbocycles. The predicted octanol–water partition coefficient (Wildman–Crippen LogP) is 6.47. The lowest BCUT2D eigenvalue weighted by molar-refractivity contribution is -0.116. The molecule has 5 aromatic rings. The average molecular weight is 620 g/mol. The van der Waals surface area contributed by atoms with E-state index < -0.39 is 0 Å². The number of nitrogens with one attached hydrogen (secondary N) is 3. The fourth-order valence-corrected chi connectivity index (χ4v) is 5.16. The van der Waals surface area contributed by atoms with E-state index in [1.807, 2.05) is 54.0 Å². The molecule has 0 atom stereocenters. The Kier molecular flexibility index (Phi) is 10.4. The minimum absolute atomic E-state index is 0.0231. The number of nitrogens with two attached hydrogens (primary N) is 1. The summed E-state index contributed by atoms with van der Waals surface area (Å²) in [5.41, 5.74) is 11.5. The number of fused-ring (bicyclic) bond motifs is 1. The Morgan fingerprint density at radius 1 is 0.935 bits per heavy atom. The molecule has 0 fully saturated rings. The number of para-hydroxylation sites is 2. The van der Waals surface area contributed by atoms with Crippen LogP contribution in [0.1, 0.15) is 54.6 Å². The first-order valence-electron chi connectivity index (χ1n) is 15.6. The molecule has 11 heteroatoms. The number of amides is 2.